The summed E-state index contributed by atoms with van der Waals surface area (Å²) in [6, 6.07) is 11.5. The van der Waals surface area contributed by atoms with Crippen LogP contribution in [0, 0.1) is 13.8 Å². The molecule has 32 heavy (non-hydrogen) atoms. The number of ether oxygens (including phenoxy) is 1. The van der Waals surface area contributed by atoms with Crippen molar-refractivity contribution in [2.24, 2.45) is 0 Å². The first-order valence-corrected chi connectivity index (χ1v) is 12.0. The van der Waals surface area contributed by atoms with Gasteiger partial charge in [0.1, 0.15) is 5.75 Å². The molecule has 2 aromatic rings. The molecule has 0 radical (unpaired) electrons. The summed E-state index contributed by atoms with van der Waals surface area (Å²) in [6.07, 6.45) is 0.0702. The molecule has 9 heteroatoms. The number of sulfonamides is 1. The molecule has 170 valence electrons. The number of nitrogens with zero attached hydrogens (tertiary/aromatic N) is 3. The highest BCUT2D eigenvalue weighted by Crippen LogP contribution is 2.33. The third kappa shape index (κ3) is 3.92. The predicted octanol–water partition coefficient (Wildman–Crippen LogP) is 1.95. The van der Waals surface area contributed by atoms with Gasteiger partial charge in [-0.2, -0.15) is 4.31 Å². The van der Waals surface area contributed by atoms with Crippen molar-refractivity contribution in [3.05, 3.63) is 53.6 Å². The van der Waals surface area contributed by atoms with Crippen molar-refractivity contribution in [1.29, 1.82) is 0 Å². The summed E-state index contributed by atoms with van der Waals surface area (Å²) in [6.45, 7) is 5.13. The molecule has 0 spiro atoms. The molecule has 2 fully saturated rings. The number of carbonyl (C=O) groups excluding carboxylic acids is 2. The Labute approximate surface area is 188 Å². The number of aryl methyl sites for hydroxylation is 2. The van der Waals surface area contributed by atoms with E-state index in [-0.39, 0.29) is 36.2 Å². The van der Waals surface area contributed by atoms with Crippen molar-refractivity contribution in [1.82, 2.24) is 9.21 Å². The molecule has 2 aliphatic heterocycles. The van der Waals surface area contributed by atoms with Crippen molar-refractivity contribution in [3.8, 4) is 5.75 Å². The number of benzene rings is 2. The quantitative estimate of drug-likeness (QED) is 0.638. The zero-order valence-corrected chi connectivity index (χ0v) is 19.3. The SMILES string of the molecule is COc1ccccc1N1C(=O)CC(N2CCN(S(=O)(=O)c3ccc(C)c(C)c3)CC2)C1=O. The summed E-state index contributed by atoms with van der Waals surface area (Å²) < 4.78 is 32.9. The topological polar surface area (TPSA) is 87.2 Å². The Morgan fingerprint density at radius 2 is 1.62 bits per heavy atom. The van der Waals surface area contributed by atoms with Gasteiger partial charge in [0.15, 0.2) is 0 Å². The van der Waals surface area contributed by atoms with Gasteiger partial charge < -0.3 is 4.74 Å². The monoisotopic (exact) mass is 457 g/mol. The van der Waals surface area contributed by atoms with Crippen LogP contribution in [0.25, 0.3) is 0 Å². The van der Waals surface area contributed by atoms with Crippen LogP contribution < -0.4 is 9.64 Å². The van der Waals surface area contributed by atoms with Crippen LogP contribution in [0.3, 0.4) is 0 Å². The maximum atomic E-state index is 13.1. The zero-order chi connectivity index (χ0) is 23.0. The number of amides is 2. The number of hydrogen-bond acceptors (Lipinski definition) is 6. The van der Waals surface area contributed by atoms with Crippen LogP contribution in [0.4, 0.5) is 5.69 Å². The lowest BCUT2D eigenvalue weighted by Gasteiger charge is -2.36. The molecule has 2 heterocycles. The van der Waals surface area contributed by atoms with Crippen LogP contribution in [0.1, 0.15) is 17.5 Å². The second-order valence-corrected chi connectivity index (χ2v) is 10.1. The molecule has 1 atom stereocenters. The molecular formula is C23H27N3O5S. The van der Waals surface area contributed by atoms with Crippen molar-refractivity contribution in [2.75, 3.05) is 38.2 Å². The fraction of sp³-hybridized carbons (Fsp3) is 0.391. The van der Waals surface area contributed by atoms with Gasteiger partial charge in [0, 0.05) is 26.2 Å². The van der Waals surface area contributed by atoms with Gasteiger partial charge in [-0.15, -0.1) is 0 Å². The van der Waals surface area contributed by atoms with Gasteiger partial charge in [-0.1, -0.05) is 18.2 Å². The minimum Gasteiger partial charge on any atom is -0.495 e. The van der Waals surface area contributed by atoms with Crippen molar-refractivity contribution in [2.45, 2.75) is 31.2 Å². The number of para-hydroxylation sites is 2. The Morgan fingerprint density at radius 3 is 2.28 bits per heavy atom. The van der Waals surface area contributed by atoms with Crippen LogP contribution in [-0.4, -0.2) is 68.8 Å². The highest BCUT2D eigenvalue weighted by Gasteiger charge is 2.45. The zero-order valence-electron chi connectivity index (χ0n) is 18.4. The van der Waals surface area contributed by atoms with Crippen LogP contribution >= 0.6 is 0 Å². The van der Waals surface area contributed by atoms with Gasteiger partial charge in [0.25, 0.3) is 5.91 Å². The number of hydrogen-bond donors (Lipinski definition) is 0. The fourth-order valence-electron chi connectivity index (χ4n) is 4.25. The first kappa shape index (κ1) is 22.4. The number of carbonyl (C=O) groups is 2. The molecule has 2 saturated heterocycles. The lowest BCUT2D eigenvalue weighted by Crippen LogP contribution is -2.53. The van der Waals surface area contributed by atoms with Crippen LogP contribution in [0.5, 0.6) is 5.75 Å². The average Bonchev–Trinajstić information content (AvgIpc) is 3.09. The van der Waals surface area contributed by atoms with Gasteiger partial charge in [0.2, 0.25) is 15.9 Å². The summed E-state index contributed by atoms with van der Waals surface area (Å²) in [4.78, 5) is 29.2. The maximum absolute atomic E-state index is 13.1. The second kappa shape index (κ2) is 8.65. The molecule has 4 rings (SSSR count). The second-order valence-electron chi connectivity index (χ2n) is 8.15. The third-order valence-electron chi connectivity index (χ3n) is 6.28. The minimum absolute atomic E-state index is 0.0702. The summed E-state index contributed by atoms with van der Waals surface area (Å²) in [5, 5.41) is 0. The summed E-state index contributed by atoms with van der Waals surface area (Å²) in [5.74, 6) is -0.126. The smallest absolute Gasteiger partial charge is 0.251 e. The highest BCUT2D eigenvalue weighted by molar-refractivity contribution is 7.89. The fourth-order valence-corrected chi connectivity index (χ4v) is 5.76. The molecule has 0 aliphatic carbocycles. The van der Waals surface area contributed by atoms with E-state index in [2.05, 4.69) is 0 Å². The molecule has 0 N–H and O–H groups in total. The largest absolute Gasteiger partial charge is 0.495 e. The molecule has 2 aliphatic rings. The number of methoxy groups -OCH3 is 1. The maximum Gasteiger partial charge on any atom is 0.251 e. The Bertz CT molecular complexity index is 1160. The number of rotatable bonds is 5. The summed E-state index contributed by atoms with van der Waals surface area (Å²) in [5.41, 5.74) is 2.40. The predicted molar refractivity (Wildman–Crippen MR) is 120 cm³/mol. The lowest BCUT2D eigenvalue weighted by molar-refractivity contribution is -0.123. The molecular weight excluding hydrogens is 430 g/mol. The van der Waals surface area contributed by atoms with Gasteiger partial charge in [-0.05, 0) is 49.2 Å². The van der Waals surface area contributed by atoms with E-state index in [1.165, 1.54) is 16.3 Å². The molecule has 0 saturated carbocycles. The molecule has 0 aromatic heterocycles. The Balaban J connectivity index is 1.47. The van der Waals surface area contributed by atoms with Crippen molar-refractivity contribution >= 4 is 27.5 Å². The van der Waals surface area contributed by atoms with Crippen LogP contribution in [0.15, 0.2) is 47.4 Å². The van der Waals surface area contributed by atoms with E-state index < -0.39 is 16.1 Å². The van der Waals surface area contributed by atoms with Gasteiger partial charge in [-0.3, -0.25) is 14.5 Å². The normalized spacial score (nSPS) is 20.7. The summed E-state index contributed by atoms with van der Waals surface area (Å²) in [7, 11) is -2.11. The average molecular weight is 458 g/mol. The summed E-state index contributed by atoms with van der Waals surface area (Å²) >= 11 is 0. The van der Waals surface area contributed by atoms with Gasteiger partial charge in [0.05, 0.1) is 30.2 Å². The highest BCUT2D eigenvalue weighted by atomic mass is 32.2. The van der Waals surface area contributed by atoms with E-state index >= 15 is 0 Å². The van der Waals surface area contributed by atoms with Crippen molar-refractivity contribution < 1.29 is 22.7 Å². The van der Waals surface area contributed by atoms with Crippen LogP contribution in [0.2, 0.25) is 0 Å². The molecule has 2 amide bonds. The van der Waals surface area contributed by atoms with E-state index in [4.69, 9.17) is 4.74 Å². The number of piperazine rings is 1. The first-order chi connectivity index (χ1) is 15.2. The lowest BCUT2D eigenvalue weighted by atomic mass is 10.1. The van der Waals surface area contributed by atoms with E-state index in [0.717, 1.165) is 11.1 Å². The number of imide groups is 1. The Kier molecular flexibility index (Phi) is 6.07. The Hall–Kier alpha value is -2.75. The molecule has 8 nitrogen and oxygen atoms in total. The van der Waals surface area contributed by atoms with E-state index in [1.54, 1.807) is 36.4 Å². The molecule has 0 bridgehead atoms. The van der Waals surface area contributed by atoms with Crippen LogP contribution in [-0.2, 0) is 19.6 Å². The third-order valence-corrected chi connectivity index (χ3v) is 8.17. The van der Waals surface area contributed by atoms with Gasteiger partial charge in [-0.25, -0.2) is 13.3 Å². The minimum atomic E-state index is -3.61. The van der Waals surface area contributed by atoms with E-state index in [1.807, 2.05) is 24.8 Å². The number of anilines is 1. The first-order valence-electron chi connectivity index (χ1n) is 10.6. The van der Waals surface area contributed by atoms with E-state index in [9.17, 15) is 18.0 Å². The standard InChI is InChI=1S/C23H27N3O5S/c1-16-8-9-18(14-17(16)2)32(29,30)25-12-10-24(11-13-25)20-15-22(27)26(23(20)28)19-6-4-5-7-21(19)31-3/h4-9,14,20H,10-13,15H2,1-3H3. The van der Waals surface area contributed by atoms with E-state index in [0.29, 0.717) is 24.5 Å². The Morgan fingerprint density at radius 1 is 0.938 bits per heavy atom. The van der Waals surface area contributed by atoms with Gasteiger partial charge >= 0.3 is 0 Å². The van der Waals surface area contributed by atoms with Crippen molar-refractivity contribution in [3.63, 3.8) is 0 Å². The molecule has 2 aromatic carbocycles. The molecule has 1 unspecified atom stereocenters.